The van der Waals surface area contributed by atoms with Crippen molar-refractivity contribution in [3.05, 3.63) is 101 Å². The van der Waals surface area contributed by atoms with E-state index in [4.69, 9.17) is 4.74 Å². The zero-order valence-electron chi connectivity index (χ0n) is 21.8. The van der Waals surface area contributed by atoms with Gasteiger partial charge in [0.05, 0.1) is 26.7 Å². The first-order valence-corrected chi connectivity index (χ1v) is 13.3. The molecule has 0 saturated heterocycles. The highest BCUT2D eigenvalue weighted by Gasteiger charge is 2.39. The normalized spacial score (nSPS) is 12.6. The Hall–Kier alpha value is -3.40. The lowest BCUT2D eigenvalue weighted by Crippen LogP contribution is -2.35. The Morgan fingerprint density at radius 1 is 1.00 bits per heavy atom. The van der Waals surface area contributed by atoms with Crippen LogP contribution in [0.5, 0.6) is 5.75 Å². The van der Waals surface area contributed by atoms with Crippen LogP contribution >= 0.6 is 0 Å². The molecule has 1 aliphatic carbocycles. The third kappa shape index (κ3) is 6.92. The molecule has 0 atom stereocenters. The molecule has 9 heteroatoms. The van der Waals surface area contributed by atoms with Crippen molar-refractivity contribution in [2.24, 2.45) is 0 Å². The summed E-state index contributed by atoms with van der Waals surface area (Å²) in [5.74, 6) is -0.669. The number of hydrogen-bond donors (Lipinski definition) is 0. The van der Waals surface area contributed by atoms with Gasteiger partial charge >= 0.3 is 5.25 Å². The smallest absolute Gasteiger partial charge is 0.367 e. The fourth-order valence-corrected chi connectivity index (χ4v) is 4.32. The standard InChI is InChI=1S/C19H16F2O5S.C10H16N/c1-11(2)17(22)15-8-7-14-13-6-4-3-5-12(13)9-16(14)18(15)26-10-19(20,21)27(23,24)25;1-11(2,3)9-10-7-5-4-6-8-10/h3-8H,1,9-10H2,2H3,(H,23,24,25);4-8H,9H2,1-3H3/q;+1/p-1. The number of hydrogen-bond acceptors (Lipinski definition) is 5. The molecular formula is C29H31F2NO5S. The zero-order chi connectivity index (χ0) is 28.3. The van der Waals surface area contributed by atoms with Gasteiger partial charge in [0.25, 0.3) is 0 Å². The number of benzene rings is 3. The molecule has 0 amide bonds. The molecule has 0 bridgehead atoms. The quantitative estimate of drug-likeness (QED) is 0.128. The molecule has 3 aromatic carbocycles. The molecule has 1 aliphatic rings. The van der Waals surface area contributed by atoms with Gasteiger partial charge < -0.3 is 13.8 Å². The number of allylic oxidation sites excluding steroid dienone is 1. The van der Waals surface area contributed by atoms with E-state index in [2.05, 4.69) is 58.1 Å². The summed E-state index contributed by atoms with van der Waals surface area (Å²) >= 11 is 0. The Labute approximate surface area is 222 Å². The van der Waals surface area contributed by atoms with E-state index in [1.54, 1.807) is 6.07 Å². The van der Waals surface area contributed by atoms with Crippen molar-refractivity contribution in [1.29, 1.82) is 0 Å². The van der Waals surface area contributed by atoms with Crippen molar-refractivity contribution >= 4 is 15.9 Å². The van der Waals surface area contributed by atoms with Gasteiger partial charge in [0, 0.05) is 17.5 Å². The van der Waals surface area contributed by atoms with Crippen molar-refractivity contribution in [2.45, 2.75) is 25.1 Å². The van der Waals surface area contributed by atoms with Crippen LogP contribution in [0.15, 0.2) is 78.9 Å². The maximum Gasteiger partial charge on any atom is 0.367 e. The molecule has 0 unspecified atom stereocenters. The number of Topliss-reactive ketones (excluding diaryl/α,β-unsaturated/α-hetero) is 1. The van der Waals surface area contributed by atoms with Crippen LogP contribution in [0.25, 0.3) is 11.1 Å². The number of quaternary nitrogens is 1. The summed E-state index contributed by atoms with van der Waals surface area (Å²) in [6, 6.07) is 21.0. The lowest BCUT2D eigenvalue weighted by atomic mass is 9.97. The predicted octanol–water partition coefficient (Wildman–Crippen LogP) is 5.43. The van der Waals surface area contributed by atoms with Crippen LogP contribution in [0, 0.1) is 0 Å². The maximum atomic E-state index is 13.6. The average Bonchev–Trinajstić information content (AvgIpc) is 3.20. The van der Waals surface area contributed by atoms with Gasteiger partial charge in [-0.15, -0.1) is 0 Å². The van der Waals surface area contributed by atoms with Crippen LogP contribution < -0.4 is 4.74 Å². The molecule has 4 rings (SSSR count). The van der Waals surface area contributed by atoms with Crippen molar-refractivity contribution in [3.63, 3.8) is 0 Å². The molecule has 38 heavy (non-hydrogen) atoms. The summed E-state index contributed by atoms with van der Waals surface area (Å²) in [7, 11) is 0.704. The Bertz CT molecular complexity index is 1450. The highest BCUT2D eigenvalue weighted by molar-refractivity contribution is 7.86. The Balaban J connectivity index is 0.000000304. The third-order valence-electron chi connectivity index (χ3n) is 5.82. The first kappa shape index (κ1) is 29.2. The number of carbonyl (C=O) groups excluding carboxylic acids is 1. The van der Waals surface area contributed by atoms with Gasteiger partial charge in [0.1, 0.15) is 12.3 Å². The van der Waals surface area contributed by atoms with E-state index in [0.717, 1.165) is 22.2 Å². The number of ketones is 1. The molecule has 0 fully saturated rings. The predicted molar refractivity (Wildman–Crippen MR) is 142 cm³/mol. The molecule has 0 saturated carbocycles. The van der Waals surface area contributed by atoms with Crippen LogP contribution in [0.2, 0.25) is 0 Å². The van der Waals surface area contributed by atoms with Crippen LogP contribution in [0.3, 0.4) is 0 Å². The van der Waals surface area contributed by atoms with E-state index < -0.39 is 27.8 Å². The van der Waals surface area contributed by atoms with Crippen LogP contribution in [0.1, 0.15) is 34.0 Å². The topological polar surface area (TPSA) is 83.5 Å². The summed E-state index contributed by atoms with van der Waals surface area (Å²) < 4.78 is 65.5. The Kier molecular flexibility index (Phi) is 8.55. The van der Waals surface area contributed by atoms with E-state index >= 15 is 0 Å². The molecule has 0 aliphatic heterocycles. The number of halogens is 2. The summed E-state index contributed by atoms with van der Waals surface area (Å²) in [6.07, 6.45) is 0.327. The van der Waals surface area contributed by atoms with Gasteiger partial charge in [-0.1, -0.05) is 67.2 Å². The second-order valence-corrected chi connectivity index (χ2v) is 11.7. The molecule has 202 valence electrons. The molecule has 0 spiro atoms. The van der Waals surface area contributed by atoms with E-state index in [-0.39, 0.29) is 16.9 Å². The summed E-state index contributed by atoms with van der Waals surface area (Å²) in [5.41, 5.74) is 4.54. The number of alkyl halides is 2. The number of nitrogens with zero attached hydrogens (tertiary/aromatic N) is 1. The molecule has 0 radical (unpaired) electrons. The molecule has 0 N–H and O–H groups in total. The van der Waals surface area contributed by atoms with Crippen molar-refractivity contribution in [3.8, 4) is 16.9 Å². The number of fused-ring (bicyclic) bond motifs is 3. The summed E-state index contributed by atoms with van der Waals surface area (Å²) in [5, 5.41) is -4.62. The Morgan fingerprint density at radius 3 is 2.18 bits per heavy atom. The minimum atomic E-state index is -5.90. The SMILES string of the molecule is C=C(C)C(=O)c1ccc2c(c1OCC(F)(F)S(=O)(=O)[O-])Cc1ccccc1-2.C[N+](C)(C)Cc1ccccc1. The zero-order valence-corrected chi connectivity index (χ0v) is 22.6. The molecular weight excluding hydrogens is 512 g/mol. The van der Waals surface area contributed by atoms with Crippen LogP contribution in [-0.4, -0.2) is 56.2 Å². The summed E-state index contributed by atoms with van der Waals surface area (Å²) in [4.78, 5) is 12.4. The fraction of sp³-hybridized carbons (Fsp3) is 0.276. The van der Waals surface area contributed by atoms with Crippen LogP contribution in [0.4, 0.5) is 8.78 Å². The van der Waals surface area contributed by atoms with Crippen molar-refractivity contribution < 1.29 is 35.8 Å². The van der Waals surface area contributed by atoms with E-state index in [9.17, 15) is 26.5 Å². The fourth-order valence-electron chi connectivity index (χ4n) is 4.12. The van der Waals surface area contributed by atoms with Gasteiger partial charge in [-0.25, -0.2) is 8.42 Å². The molecule has 0 aromatic heterocycles. The second kappa shape index (κ2) is 11.1. The monoisotopic (exact) mass is 543 g/mol. The average molecular weight is 544 g/mol. The first-order valence-electron chi connectivity index (χ1n) is 11.9. The van der Waals surface area contributed by atoms with Gasteiger partial charge in [0.15, 0.2) is 22.5 Å². The summed E-state index contributed by atoms with van der Waals surface area (Å²) in [6.45, 7) is 4.44. The number of carbonyl (C=O) groups is 1. The lowest BCUT2D eigenvalue weighted by Gasteiger charge is -2.23. The lowest BCUT2D eigenvalue weighted by molar-refractivity contribution is -0.884. The maximum absolute atomic E-state index is 13.6. The van der Waals surface area contributed by atoms with Crippen molar-refractivity contribution in [1.82, 2.24) is 0 Å². The highest BCUT2D eigenvalue weighted by Crippen LogP contribution is 2.43. The van der Waals surface area contributed by atoms with E-state index in [0.29, 0.717) is 17.5 Å². The first-order chi connectivity index (χ1) is 17.6. The Morgan fingerprint density at radius 2 is 1.61 bits per heavy atom. The number of ether oxygens (including phenoxy) is 1. The second-order valence-electron chi connectivity index (χ2n) is 10.2. The molecule has 6 nitrogen and oxygen atoms in total. The van der Waals surface area contributed by atoms with Gasteiger partial charge in [-0.3, -0.25) is 4.79 Å². The van der Waals surface area contributed by atoms with Crippen molar-refractivity contribution in [2.75, 3.05) is 27.7 Å². The minimum Gasteiger partial charge on any atom is -0.743 e. The van der Waals surface area contributed by atoms with E-state index in [1.165, 1.54) is 18.6 Å². The van der Waals surface area contributed by atoms with Crippen LogP contribution in [-0.2, 0) is 23.1 Å². The highest BCUT2D eigenvalue weighted by atomic mass is 32.2. The molecule has 0 heterocycles. The van der Waals surface area contributed by atoms with Gasteiger partial charge in [-0.05, 0) is 35.3 Å². The third-order valence-corrected chi connectivity index (χ3v) is 6.67. The van der Waals surface area contributed by atoms with Gasteiger partial charge in [0.2, 0.25) is 0 Å². The van der Waals surface area contributed by atoms with E-state index in [1.807, 2.05) is 24.3 Å². The number of rotatable bonds is 8. The van der Waals surface area contributed by atoms with Gasteiger partial charge in [-0.2, -0.15) is 8.78 Å². The molecule has 3 aromatic rings. The minimum absolute atomic E-state index is 0.00634. The largest absolute Gasteiger partial charge is 0.743 e.